The topological polar surface area (TPSA) is 105 Å². The number of imide groups is 1. The van der Waals surface area contributed by atoms with E-state index < -0.39 is 35.5 Å². The van der Waals surface area contributed by atoms with E-state index in [1.165, 1.54) is 0 Å². The Morgan fingerprint density at radius 3 is 2.43 bits per heavy atom. The second kappa shape index (κ2) is 10.6. The van der Waals surface area contributed by atoms with Crippen LogP contribution in [0.15, 0.2) is 42.5 Å². The number of hydrogen-bond acceptors (Lipinski definition) is 6. The average molecular weight is 485 g/mol. The molecule has 4 rings (SSSR count). The molecule has 35 heavy (non-hydrogen) atoms. The molecule has 2 heterocycles. The zero-order chi connectivity index (χ0) is 24.9. The van der Waals surface area contributed by atoms with Gasteiger partial charge in [-0.1, -0.05) is 30.3 Å². The highest BCUT2D eigenvalue weighted by molar-refractivity contribution is 6.01. The largest absolute Gasteiger partial charge is 0.450 e. The first-order valence-electron chi connectivity index (χ1n) is 11.4. The van der Waals surface area contributed by atoms with Crippen LogP contribution in [0.3, 0.4) is 0 Å². The van der Waals surface area contributed by atoms with Crippen LogP contribution in [0.5, 0.6) is 0 Å². The van der Waals surface area contributed by atoms with E-state index in [1.807, 2.05) is 6.07 Å². The van der Waals surface area contributed by atoms with Gasteiger partial charge in [-0.3, -0.25) is 19.7 Å². The van der Waals surface area contributed by atoms with Gasteiger partial charge < -0.3 is 15.0 Å². The summed E-state index contributed by atoms with van der Waals surface area (Å²) in [7, 11) is 0. The molecule has 2 aromatic rings. The van der Waals surface area contributed by atoms with Crippen molar-refractivity contribution in [3.63, 3.8) is 0 Å². The number of carbonyl (C=O) groups is 4. The monoisotopic (exact) mass is 485 g/mol. The molecule has 2 N–H and O–H groups in total. The molecule has 2 aromatic carbocycles. The molecule has 1 atom stereocenters. The fourth-order valence-corrected chi connectivity index (χ4v) is 4.21. The van der Waals surface area contributed by atoms with Gasteiger partial charge >= 0.3 is 6.09 Å². The van der Waals surface area contributed by atoms with Gasteiger partial charge in [0.15, 0.2) is 5.78 Å². The highest BCUT2D eigenvalue weighted by Gasteiger charge is 2.34. The van der Waals surface area contributed by atoms with Crippen LogP contribution >= 0.6 is 0 Å². The molecule has 10 heteroatoms. The Morgan fingerprint density at radius 1 is 1.09 bits per heavy atom. The van der Waals surface area contributed by atoms with E-state index in [1.54, 1.807) is 29.2 Å². The van der Waals surface area contributed by atoms with E-state index in [2.05, 4.69) is 10.6 Å². The summed E-state index contributed by atoms with van der Waals surface area (Å²) in [5.74, 6) is -3.94. The Balaban J connectivity index is 1.21. The van der Waals surface area contributed by atoms with E-state index in [9.17, 15) is 28.0 Å². The highest BCUT2D eigenvalue weighted by atomic mass is 19.1. The molecule has 0 radical (unpaired) electrons. The number of benzene rings is 2. The first-order chi connectivity index (χ1) is 16.8. The van der Waals surface area contributed by atoms with Gasteiger partial charge in [0, 0.05) is 42.7 Å². The summed E-state index contributed by atoms with van der Waals surface area (Å²) >= 11 is 0. The fraction of sp³-hybridized carbons (Fsp3) is 0.360. The summed E-state index contributed by atoms with van der Waals surface area (Å²) in [5, 5.41) is 4.78. The van der Waals surface area contributed by atoms with Gasteiger partial charge in [0.1, 0.15) is 11.6 Å². The number of alkyl carbamates (subject to hydrolysis) is 1. The number of nitrogens with zero attached hydrogens (tertiary/aromatic N) is 1. The third-order valence-corrected chi connectivity index (χ3v) is 6.10. The van der Waals surface area contributed by atoms with Crippen LogP contribution in [0.2, 0.25) is 0 Å². The SMILES string of the molecule is O=C1CCC(c2c(F)cc(N3CC(NC(=O)OCCCC(=O)c4ccccc4)C3)cc2F)C(=O)N1. The number of nitrogens with one attached hydrogen (secondary N) is 2. The van der Waals surface area contributed by atoms with Gasteiger partial charge in [0.05, 0.1) is 18.6 Å². The molecule has 0 aliphatic carbocycles. The fourth-order valence-electron chi connectivity index (χ4n) is 4.21. The Labute approximate surface area is 200 Å². The maximum Gasteiger partial charge on any atom is 0.407 e. The van der Waals surface area contributed by atoms with Crippen molar-refractivity contribution in [2.24, 2.45) is 0 Å². The highest BCUT2D eigenvalue weighted by Crippen LogP contribution is 2.33. The first kappa shape index (κ1) is 24.3. The van der Waals surface area contributed by atoms with Crippen molar-refractivity contribution in [2.75, 3.05) is 24.6 Å². The average Bonchev–Trinajstić information content (AvgIpc) is 2.80. The number of anilines is 1. The summed E-state index contributed by atoms with van der Waals surface area (Å²) in [6.07, 6.45) is 0.120. The normalized spacial score (nSPS) is 18.0. The second-order valence-corrected chi connectivity index (χ2v) is 8.60. The number of carbonyl (C=O) groups excluding carboxylic acids is 4. The molecule has 2 aliphatic rings. The minimum absolute atomic E-state index is 0.0210. The summed E-state index contributed by atoms with van der Waals surface area (Å²) in [5.41, 5.74) is 0.565. The van der Waals surface area contributed by atoms with Crippen molar-refractivity contribution in [1.29, 1.82) is 0 Å². The van der Waals surface area contributed by atoms with Gasteiger partial charge in [0.2, 0.25) is 11.8 Å². The Bertz CT molecular complexity index is 1110. The van der Waals surface area contributed by atoms with Crippen molar-refractivity contribution in [3.05, 3.63) is 65.2 Å². The molecule has 0 aromatic heterocycles. The molecule has 2 fully saturated rings. The number of ether oxygens (including phenoxy) is 1. The Kier molecular flexibility index (Phi) is 7.38. The van der Waals surface area contributed by atoms with E-state index in [-0.39, 0.29) is 43.3 Å². The number of ketones is 1. The third-order valence-electron chi connectivity index (χ3n) is 6.10. The van der Waals surface area contributed by atoms with E-state index >= 15 is 0 Å². The maximum atomic E-state index is 14.7. The van der Waals surface area contributed by atoms with Crippen molar-refractivity contribution < 1.29 is 32.7 Å². The predicted molar refractivity (Wildman–Crippen MR) is 122 cm³/mol. The van der Waals surface area contributed by atoms with E-state index in [0.29, 0.717) is 30.8 Å². The maximum absolute atomic E-state index is 14.7. The summed E-state index contributed by atoms with van der Waals surface area (Å²) in [6.45, 7) is 0.759. The number of rotatable bonds is 8. The van der Waals surface area contributed by atoms with E-state index in [0.717, 1.165) is 12.1 Å². The van der Waals surface area contributed by atoms with Gasteiger partial charge in [-0.15, -0.1) is 0 Å². The van der Waals surface area contributed by atoms with Crippen LogP contribution < -0.4 is 15.5 Å². The lowest BCUT2D eigenvalue weighted by Gasteiger charge is -2.41. The lowest BCUT2D eigenvalue weighted by atomic mass is 9.89. The minimum atomic E-state index is -1.05. The molecule has 3 amide bonds. The molecule has 8 nitrogen and oxygen atoms in total. The van der Waals surface area contributed by atoms with Crippen LogP contribution in [0, 0.1) is 11.6 Å². The zero-order valence-electron chi connectivity index (χ0n) is 18.9. The van der Waals surface area contributed by atoms with Crippen LogP contribution in [-0.4, -0.2) is 49.4 Å². The van der Waals surface area contributed by atoms with Gasteiger partial charge in [-0.2, -0.15) is 0 Å². The van der Waals surface area contributed by atoms with Gasteiger partial charge in [-0.05, 0) is 25.0 Å². The molecule has 2 aliphatic heterocycles. The molecular formula is C25H25F2N3O5. The van der Waals surface area contributed by atoms with Crippen molar-refractivity contribution in [3.8, 4) is 0 Å². The second-order valence-electron chi connectivity index (χ2n) is 8.60. The zero-order valence-corrected chi connectivity index (χ0v) is 18.9. The molecular weight excluding hydrogens is 460 g/mol. The first-order valence-corrected chi connectivity index (χ1v) is 11.4. The molecule has 0 bridgehead atoms. The standard InChI is InChI=1S/C25H25F2N3O5/c26-19-11-17(12-20(27)23(19)18-8-9-22(32)29-24(18)33)30-13-16(14-30)28-25(34)35-10-4-7-21(31)15-5-2-1-3-6-15/h1-3,5-6,11-12,16,18H,4,7-10,13-14H2,(H,28,34)(H,29,32,33). The molecule has 0 spiro atoms. The summed E-state index contributed by atoms with van der Waals surface area (Å²) in [6, 6.07) is 10.9. The van der Waals surface area contributed by atoms with Crippen molar-refractivity contribution in [2.45, 2.75) is 37.6 Å². The molecule has 184 valence electrons. The summed E-state index contributed by atoms with van der Waals surface area (Å²) in [4.78, 5) is 49.0. The Morgan fingerprint density at radius 2 is 1.77 bits per heavy atom. The quantitative estimate of drug-likeness (QED) is 0.338. The number of Topliss-reactive ketones (excluding diaryl/α,β-unsaturated/α-hetero) is 1. The third kappa shape index (κ3) is 5.82. The van der Waals surface area contributed by atoms with Crippen molar-refractivity contribution in [1.82, 2.24) is 10.6 Å². The summed E-state index contributed by atoms with van der Waals surface area (Å²) < 4.78 is 34.5. The Hall–Kier alpha value is -3.82. The number of piperidine rings is 1. The lowest BCUT2D eigenvalue weighted by molar-refractivity contribution is -0.134. The minimum Gasteiger partial charge on any atom is -0.450 e. The molecule has 0 saturated carbocycles. The van der Waals surface area contributed by atoms with Crippen molar-refractivity contribution >= 4 is 29.4 Å². The van der Waals surface area contributed by atoms with Crippen LogP contribution in [0.25, 0.3) is 0 Å². The van der Waals surface area contributed by atoms with Crippen LogP contribution in [-0.2, 0) is 14.3 Å². The lowest BCUT2D eigenvalue weighted by Crippen LogP contribution is -2.59. The van der Waals surface area contributed by atoms with Crippen LogP contribution in [0.4, 0.5) is 19.3 Å². The van der Waals surface area contributed by atoms with E-state index in [4.69, 9.17) is 4.74 Å². The predicted octanol–water partition coefficient (Wildman–Crippen LogP) is 3.06. The number of halogens is 2. The smallest absolute Gasteiger partial charge is 0.407 e. The molecule has 2 saturated heterocycles. The van der Waals surface area contributed by atoms with Crippen LogP contribution in [0.1, 0.15) is 47.5 Å². The number of hydrogen-bond donors (Lipinski definition) is 2. The number of amides is 3. The van der Waals surface area contributed by atoms with Gasteiger partial charge in [0.25, 0.3) is 0 Å². The molecule has 1 unspecified atom stereocenters. The van der Waals surface area contributed by atoms with Gasteiger partial charge in [-0.25, -0.2) is 13.6 Å².